The predicted molar refractivity (Wildman–Crippen MR) is 89.5 cm³/mol. The van der Waals surface area contributed by atoms with Gasteiger partial charge in [-0.05, 0) is 37.6 Å². The summed E-state index contributed by atoms with van der Waals surface area (Å²) in [4.78, 5) is 24.5. The molecule has 0 aliphatic carbocycles. The van der Waals surface area contributed by atoms with E-state index in [1.165, 1.54) is 0 Å². The minimum absolute atomic E-state index is 0.0193. The Kier molecular flexibility index (Phi) is 3.98. The van der Waals surface area contributed by atoms with E-state index >= 15 is 0 Å². The standard InChI is InChI=1S/C19H17NO3/c1-12-8-9-17-15(10-12)11-16(19(22)23-17)18(21)20-13(2)14-6-4-3-5-7-14/h3-11,13H,1-2H3,(H,20,21)/t13-/m1/s1. The normalized spacial score (nSPS) is 12.1. The maximum atomic E-state index is 12.4. The van der Waals surface area contributed by atoms with Crippen molar-refractivity contribution in [2.45, 2.75) is 19.9 Å². The minimum atomic E-state index is -0.626. The van der Waals surface area contributed by atoms with E-state index in [0.29, 0.717) is 5.58 Å². The number of carbonyl (C=O) groups is 1. The highest BCUT2D eigenvalue weighted by atomic mass is 16.4. The molecule has 0 aliphatic rings. The van der Waals surface area contributed by atoms with Gasteiger partial charge in [0.05, 0.1) is 6.04 Å². The molecule has 1 atom stereocenters. The molecule has 0 saturated heterocycles. The molecule has 2 aromatic carbocycles. The number of rotatable bonds is 3. The van der Waals surface area contributed by atoms with Crippen LogP contribution in [-0.2, 0) is 0 Å². The third-order valence-electron chi connectivity index (χ3n) is 3.78. The largest absolute Gasteiger partial charge is 0.422 e. The number of aryl methyl sites for hydroxylation is 1. The lowest BCUT2D eigenvalue weighted by Gasteiger charge is -2.14. The Balaban J connectivity index is 1.91. The number of hydrogen-bond acceptors (Lipinski definition) is 3. The van der Waals surface area contributed by atoms with Crippen LogP contribution in [0.15, 0.2) is 63.8 Å². The van der Waals surface area contributed by atoms with E-state index in [1.807, 2.05) is 56.3 Å². The lowest BCUT2D eigenvalue weighted by Crippen LogP contribution is -2.30. The van der Waals surface area contributed by atoms with Crippen molar-refractivity contribution in [3.63, 3.8) is 0 Å². The van der Waals surface area contributed by atoms with Gasteiger partial charge in [-0.15, -0.1) is 0 Å². The number of amides is 1. The van der Waals surface area contributed by atoms with E-state index in [2.05, 4.69) is 5.32 Å². The zero-order valence-corrected chi connectivity index (χ0v) is 13.0. The van der Waals surface area contributed by atoms with Gasteiger partial charge in [0.2, 0.25) is 0 Å². The summed E-state index contributed by atoms with van der Waals surface area (Å²) in [7, 11) is 0. The first-order valence-corrected chi connectivity index (χ1v) is 7.45. The molecular formula is C19H17NO3. The molecule has 1 amide bonds. The van der Waals surface area contributed by atoms with Crippen LogP contribution in [0.5, 0.6) is 0 Å². The van der Waals surface area contributed by atoms with Gasteiger partial charge in [-0.1, -0.05) is 42.0 Å². The molecule has 0 fully saturated rings. The van der Waals surface area contributed by atoms with Crippen LogP contribution in [0.1, 0.15) is 34.5 Å². The van der Waals surface area contributed by atoms with E-state index in [1.54, 1.807) is 12.1 Å². The molecule has 0 saturated carbocycles. The van der Waals surface area contributed by atoms with E-state index in [4.69, 9.17) is 4.42 Å². The number of benzene rings is 2. The molecule has 3 rings (SSSR count). The Morgan fingerprint density at radius 2 is 1.83 bits per heavy atom. The summed E-state index contributed by atoms with van der Waals surface area (Å²) in [6, 6.07) is 16.5. The first-order valence-electron chi connectivity index (χ1n) is 7.45. The smallest absolute Gasteiger partial charge is 0.349 e. The van der Waals surface area contributed by atoms with Gasteiger partial charge in [0.1, 0.15) is 11.1 Å². The van der Waals surface area contributed by atoms with Crippen LogP contribution >= 0.6 is 0 Å². The summed E-state index contributed by atoms with van der Waals surface area (Å²) >= 11 is 0. The zero-order valence-electron chi connectivity index (χ0n) is 13.0. The van der Waals surface area contributed by atoms with Gasteiger partial charge in [0.15, 0.2) is 0 Å². The molecule has 0 radical (unpaired) electrons. The van der Waals surface area contributed by atoms with Crippen molar-refractivity contribution >= 4 is 16.9 Å². The Morgan fingerprint density at radius 3 is 2.57 bits per heavy atom. The van der Waals surface area contributed by atoms with Crippen LogP contribution in [0.4, 0.5) is 0 Å². The van der Waals surface area contributed by atoms with Gasteiger partial charge >= 0.3 is 5.63 Å². The van der Waals surface area contributed by atoms with Crippen molar-refractivity contribution in [2.75, 3.05) is 0 Å². The Hall–Kier alpha value is -2.88. The summed E-state index contributed by atoms with van der Waals surface area (Å²) < 4.78 is 5.24. The molecule has 0 spiro atoms. The molecular weight excluding hydrogens is 290 g/mol. The lowest BCUT2D eigenvalue weighted by molar-refractivity contribution is 0.0936. The van der Waals surface area contributed by atoms with Crippen LogP contribution in [-0.4, -0.2) is 5.91 Å². The number of fused-ring (bicyclic) bond motifs is 1. The molecule has 0 aliphatic heterocycles. The molecule has 23 heavy (non-hydrogen) atoms. The van der Waals surface area contributed by atoms with E-state index < -0.39 is 11.5 Å². The second-order valence-corrected chi connectivity index (χ2v) is 5.59. The number of carbonyl (C=O) groups excluding carboxylic acids is 1. The Morgan fingerprint density at radius 1 is 1.09 bits per heavy atom. The van der Waals surface area contributed by atoms with Crippen molar-refractivity contribution < 1.29 is 9.21 Å². The first-order chi connectivity index (χ1) is 11.0. The topological polar surface area (TPSA) is 59.3 Å². The van der Waals surface area contributed by atoms with Crippen LogP contribution in [0, 0.1) is 6.92 Å². The second-order valence-electron chi connectivity index (χ2n) is 5.59. The molecule has 1 heterocycles. The van der Waals surface area contributed by atoms with Gasteiger partial charge in [0, 0.05) is 5.39 Å². The zero-order chi connectivity index (χ0) is 16.4. The van der Waals surface area contributed by atoms with Gasteiger partial charge in [-0.3, -0.25) is 4.79 Å². The third-order valence-corrected chi connectivity index (χ3v) is 3.78. The summed E-state index contributed by atoms with van der Waals surface area (Å²) in [5.74, 6) is -0.432. The van der Waals surface area contributed by atoms with E-state index in [0.717, 1.165) is 16.5 Å². The van der Waals surface area contributed by atoms with Crippen molar-refractivity contribution in [1.82, 2.24) is 5.32 Å². The summed E-state index contributed by atoms with van der Waals surface area (Å²) in [6.07, 6.45) is 0. The SMILES string of the molecule is Cc1ccc2oc(=O)c(C(=O)N[C@H](C)c3ccccc3)cc2c1. The van der Waals surface area contributed by atoms with Crippen molar-refractivity contribution in [1.29, 1.82) is 0 Å². The molecule has 1 aromatic heterocycles. The highest BCUT2D eigenvalue weighted by Gasteiger charge is 2.16. The highest BCUT2D eigenvalue weighted by Crippen LogP contribution is 2.16. The monoisotopic (exact) mass is 307 g/mol. The third kappa shape index (κ3) is 3.16. The predicted octanol–water partition coefficient (Wildman–Crippen LogP) is 3.59. The van der Waals surface area contributed by atoms with Crippen LogP contribution in [0.3, 0.4) is 0 Å². The average Bonchev–Trinajstić information content (AvgIpc) is 2.55. The van der Waals surface area contributed by atoms with Crippen molar-refractivity contribution in [3.8, 4) is 0 Å². The van der Waals surface area contributed by atoms with Gasteiger partial charge in [-0.2, -0.15) is 0 Å². The first kappa shape index (κ1) is 15.0. The van der Waals surface area contributed by atoms with Crippen LogP contribution in [0.2, 0.25) is 0 Å². The minimum Gasteiger partial charge on any atom is -0.422 e. The summed E-state index contributed by atoms with van der Waals surface area (Å²) in [5.41, 5.74) is 1.88. The van der Waals surface area contributed by atoms with Gasteiger partial charge in [-0.25, -0.2) is 4.79 Å². The lowest BCUT2D eigenvalue weighted by atomic mass is 10.1. The van der Waals surface area contributed by atoms with Crippen LogP contribution < -0.4 is 10.9 Å². The summed E-state index contributed by atoms with van der Waals surface area (Å²) in [5, 5.41) is 3.57. The fraction of sp³-hybridized carbons (Fsp3) is 0.158. The quantitative estimate of drug-likeness (QED) is 0.752. The van der Waals surface area contributed by atoms with Crippen molar-refractivity contribution in [3.05, 3.63) is 81.7 Å². The van der Waals surface area contributed by atoms with Crippen molar-refractivity contribution in [2.24, 2.45) is 0 Å². The molecule has 4 heteroatoms. The van der Waals surface area contributed by atoms with Crippen LogP contribution in [0.25, 0.3) is 11.0 Å². The molecule has 0 bridgehead atoms. The van der Waals surface area contributed by atoms with E-state index in [9.17, 15) is 9.59 Å². The Labute approximate surface area is 133 Å². The fourth-order valence-electron chi connectivity index (χ4n) is 2.50. The molecule has 4 nitrogen and oxygen atoms in total. The molecule has 1 N–H and O–H groups in total. The maximum absolute atomic E-state index is 12.4. The molecule has 0 unspecified atom stereocenters. The number of hydrogen-bond donors (Lipinski definition) is 1. The fourth-order valence-corrected chi connectivity index (χ4v) is 2.50. The Bertz CT molecular complexity index is 913. The maximum Gasteiger partial charge on any atom is 0.349 e. The summed E-state index contributed by atoms with van der Waals surface area (Å²) in [6.45, 7) is 3.82. The molecule has 116 valence electrons. The highest BCUT2D eigenvalue weighted by molar-refractivity contribution is 5.96. The van der Waals surface area contributed by atoms with Gasteiger partial charge < -0.3 is 9.73 Å². The number of nitrogens with one attached hydrogen (secondary N) is 1. The molecule has 3 aromatic rings. The van der Waals surface area contributed by atoms with Gasteiger partial charge in [0.25, 0.3) is 5.91 Å². The van der Waals surface area contributed by atoms with E-state index in [-0.39, 0.29) is 11.6 Å². The second kappa shape index (κ2) is 6.08. The average molecular weight is 307 g/mol.